The van der Waals surface area contributed by atoms with Gasteiger partial charge in [-0.2, -0.15) is 0 Å². The minimum atomic E-state index is 0.0631. The Morgan fingerprint density at radius 2 is 2.13 bits per heavy atom. The van der Waals surface area contributed by atoms with Crippen molar-refractivity contribution in [3.8, 4) is 0 Å². The number of carbonyl (C=O) groups excluding carboxylic acids is 1. The quantitative estimate of drug-likeness (QED) is 0.621. The Morgan fingerprint density at radius 3 is 2.73 bits per heavy atom. The largest absolute Gasteiger partial charge is 0.399 e. The Hall–Kier alpha value is -1.61. The summed E-state index contributed by atoms with van der Waals surface area (Å²) in [4.78, 5) is 12.7. The third kappa shape index (κ3) is 1.92. The number of anilines is 1. The molecule has 1 aromatic carbocycles. The van der Waals surface area contributed by atoms with Gasteiger partial charge in [0.25, 0.3) is 0 Å². The fourth-order valence-electron chi connectivity index (χ4n) is 1.37. The van der Waals surface area contributed by atoms with Crippen molar-refractivity contribution in [2.45, 2.75) is 6.92 Å². The molecule has 0 spiro atoms. The first-order chi connectivity index (χ1) is 7.18. The first-order valence-corrected chi connectivity index (χ1v) is 5.51. The standard InChI is InChI=1S/C12H11NOS/c1-8-7-9(4-5-10(8)13)12(14)11-3-2-6-15-11/h2-7H,13H2,1H3. The van der Waals surface area contributed by atoms with Crippen molar-refractivity contribution >= 4 is 22.8 Å². The highest BCUT2D eigenvalue weighted by atomic mass is 32.1. The molecule has 0 amide bonds. The molecular weight excluding hydrogens is 206 g/mol. The highest BCUT2D eigenvalue weighted by molar-refractivity contribution is 7.12. The van der Waals surface area contributed by atoms with Crippen molar-refractivity contribution in [2.24, 2.45) is 0 Å². The van der Waals surface area contributed by atoms with Crippen LogP contribution in [0.5, 0.6) is 0 Å². The highest BCUT2D eigenvalue weighted by Gasteiger charge is 2.10. The topological polar surface area (TPSA) is 43.1 Å². The van der Waals surface area contributed by atoms with E-state index in [4.69, 9.17) is 5.73 Å². The summed E-state index contributed by atoms with van der Waals surface area (Å²) in [5.74, 6) is 0.0631. The first-order valence-electron chi connectivity index (χ1n) is 4.63. The molecule has 0 fully saturated rings. The summed E-state index contributed by atoms with van der Waals surface area (Å²) in [6.45, 7) is 1.90. The van der Waals surface area contributed by atoms with Crippen LogP contribution in [0.25, 0.3) is 0 Å². The average Bonchev–Trinajstić information content (AvgIpc) is 2.74. The number of thiophene rings is 1. The third-order valence-corrected chi connectivity index (χ3v) is 3.15. The van der Waals surface area contributed by atoms with Crippen LogP contribution in [0.15, 0.2) is 35.7 Å². The molecule has 0 aliphatic carbocycles. The van der Waals surface area contributed by atoms with Crippen molar-refractivity contribution in [1.29, 1.82) is 0 Å². The predicted octanol–water partition coefficient (Wildman–Crippen LogP) is 2.87. The van der Waals surface area contributed by atoms with Crippen LogP contribution in [-0.4, -0.2) is 5.78 Å². The molecule has 2 N–H and O–H groups in total. The van der Waals surface area contributed by atoms with E-state index < -0.39 is 0 Å². The summed E-state index contributed by atoms with van der Waals surface area (Å²) >= 11 is 1.46. The van der Waals surface area contributed by atoms with Crippen molar-refractivity contribution in [2.75, 3.05) is 5.73 Å². The second-order valence-electron chi connectivity index (χ2n) is 3.38. The number of hydrogen-bond acceptors (Lipinski definition) is 3. The molecule has 0 bridgehead atoms. The van der Waals surface area contributed by atoms with Crippen molar-refractivity contribution < 1.29 is 4.79 Å². The van der Waals surface area contributed by atoms with Crippen LogP contribution in [0.4, 0.5) is 5.69 Å². The number of ketones is 1. The molecule has 0 atom stereocenters. The van der Waals surface area contributed by atoms with Crippen molar-refractivity contribution in [3.05, 3.63) is 51.7 Å². The molecule has 0 radical (unpaired) electrons. The maximum absolute atomic E-state index is 11.9. The van der Waals surface area contributed by atoms with Gasteiger partial charge < -0.3 is 5.73 Å². The van der Waals surface area contributed by atoms with E-state index in [0.717, 1.165) is 16.1 Å². The summed E-state index contributed by atoms with van der Waals surface area (Å²) in [5.41, 5.74) is 8.06. The van der Waals surface area contributed by atoms with Gasteiger partial charge in [-0.15, -0.1) is 11.3 Å². The summed E-state index contributed by atoms with van der Waals surface area (Å²) < 4.78 is 0. The monoisotopic (exact) mass is 217 g/mol. The van der Waals surface area contributed by atoms with E-state index in [1.807, 2.05) is 30.5 Å². The molecule has 2 aromatic rings. The van der Waals surface area contributed by atoms with Gasteiger partial charge in [0.1, 0.15) is 0 Å². The molecule has 0 aliphatic rings. The maximum Gasteiger partial charge on any atom is 0.202 e. The molecule has 0 saturated carbocycles. The van der Waals surface area contributed by atoms with Crippen LogP contribution < -0.4 is 5.73 Å². The maximum atomic E-state index is 11.9. The van der Waals surface area contributed by atoms with Gasteiger partial charge in [-0.25, -0.2) is 0 Å². The molecule has 3 heteroatoms. The summed E-state index contributed by atoms with van der Waals surface area (Å²) in [7, 11) is 0. The van der Waals surface area contributed by atoms with E-state index in [2.05, 4.69) is 0 Å². The molecule has 0 aliphatic heterocycles. The number of aryl methyl sites for hydroxylation is 1. The third-order valence-electron chi connectivity index (χ3n) is 2.28. The highest BCUT2D eigenvalue weighted by Crippen LogP contribution is 2.18. The zero-order chi connectivity index (χ0) is 10.8. The minimum absolute atomic E-state index is 0.0631. The lowest BCUT2D eigenvalue weighted by molar-refractivity contribution is 0.104. The molecule has 76 valence electrons. The molecule has 2 nitrogen and oxygen atoms in total. The Bertz CT molecular complexity index is 488. The smallest absolute Gasteiger partial charge is 0.202 e. The number of benzene rings is 1. The van der Waals surface area contributed by atoms with Crippen molar-refractivity contribution in [3.63, 3.8) is 0 Å². The lowest BCUT2D eigenvalue weighted by Gasteiger charge is -2.02. The molecule has 1 heterocycles. The van der Waals surface area contributed by atoms with E-state index in [-0.39, 0.29) is 5.78 Å². The Balaban J connectivity index is 2.39. The van der Waals surface area contributed by atoms with E-state index >= 15 is 0 Å². The van der Waals surface area contributed by atoms with Gasteiger partial charge >= 0.3 is 0 Å². The number of rotatable bonds is 2. The number of carbonyl (C=O) groups is 1. The molecule has 15 heavy (non-hydrogen) atoms. The Labute approximate surface area is 92.4 Å². The Kier molecular flexibility index (Phi) is 2.56. The summed E-state index contributed by atoms with van der Waals surface area (Å²) in [6, 6.07) is 9.08. The van der Waals surface area contributed by atoms with Gasteiger partial charge in [0, 0.05) is 11.3 Å². The fraction of sp³-hybridized carbons (Fsp3) is 0.0833. The van der Waals surface area contributed by atoms with Crippen LogP contribution in [0.1, 0.15) is 20.8 Å². The second kappa shape index (κ2) is 3.87. The van der Waals surface area contributed by atoms with E-state index in [9.17, 15) is 4.79 Å². The zero-order valence-corrected chi connectivity index (χ0v) is 9.17. The Morgan fingerprint density at radius 1 is 1.33 bits per heavy atom. The van der Waals surface area contributed by atoms with Crippen molar-refractivity contribution in [1.82, 2.24) is 0 Å². The van der Waals surface area contributed by atoms with Gasteiger partial charge in [-0.1, -0.05) is 6.07 Å². The van der Waals surface area contributed by atoms with Gasteiger partial charge in [-0.05, 0) is 42.1 Å². The van der Waals surface area contributed by atoms with E-state index in [0.29, 0.717) is 5.56 Å². The van der Waals surface area contributed by atoms with Crippen LogP contribution in [0.2, 0.25) is 0 Å². The van der Waals surface area contributed by atoms with Crippen LogP contribution in [0.3, 0.4) is 0 Å². The van der Waals surface area contributed by atoms with Crippen LogP contribution >= 0.6 is 11.3 Å². The molecule has 0 unspecified atom stereocenters. The van der Waals surface area contributed by atoms with Gasteiger partial charge in [-0.3, -0.25) is 4.79 Å². The fourth-order valence-corrected chi connectivity index (χ4v) is 2.05. The van der Waals surface area contributed by atoms with E-state index in [1.165, 1.54) is 11.3 Å². The SMILES string of the molecule is Cc1cc(C(=O)c2cccs2)ccc1N. The molecule has 0 saturated heterocycles. The summed E-state index contributed by atoms with van der Waals surface area (Å²) in [5, 5.41) is 1.90. The zero-order valence-electron chi connectivity index (χ0n) is 8.36. The van der Waals surface area contributed by atoms with Gasteiger partial charge in [0.2, 0.25) is 5.78 Å². The number of hydrogen-bond donors (Lipinski definition) is 1. The minimum Gasteiger partial charge on any atom is -0.399 e. The van der Waals surface area contributed by atoms with Gasteiger partial charge in [0.05, 0.1) is 4.88 Å². The van der Waals surface area contributed by atoms with Gasteiger partial charge in [0.15, 0.2) is 0 Å². The van der Waals surface area contributed by atoms with E-state index in [1.54, 1.807) is 12.1 Å². The average molecular weight is 217 g/mol. The number of nitrogen functional groups attached to an aromatic ring is 1. The normalized spacial score (nSPS) is 10.2. The molecule has 1 aromatic heterocycles. The predicted molar refractivity (Wildman–Crippen MR) is 63.3 cm³/mol. The van der Waals surface area contributed by atoms with Crippen LogP contribution in [-0.2, 0) is 0 Å². The molecule has 2 rings (SSSR count). The second-order valence-corrected chi connectivity index (χ2v) is 4.33. The lowest BCUT2D eigenvalue weighted by Crippen LogP contribution is -2.00. The first kappa shape index (κ1) is 9.93. The lowest BCUT2D eigenvalue weighted by atomic mass is 10.1. The molecular formula is C12H11NOS. The number of nitrogens with two attached hydrogens (primary N) is 1. The van der Waals surface area contributed by atoms with Crippen LogP contribution in [0, 0.1) is 6.92 Å². The summed E-state index contributed by atoms with van der Waals surface area (Å²) in [6.07, 6.45) is 0.